The molecule has 0 saturated carbocycles. The van der Waals surface area contributed by atoms with Gasteiger partial charge in [-0.3, -0.25) is 4.79 Å². The predicted molar refractivity (Wildman–Crippen MR) is 103 cm³/mol. The number of pyridine rings is 1. The average Bonchev–Trinajstić information content (AvgIpc) is 3.21. The van der Waals surface area contributed by atoms with Crippen LogP contribution in [0.15, 0.2) is 53.8 Å². The van der Waals surface area contributed by atoms with E-state index >= 15 is 0 Å². The fourth-order valence-corrected chi connectivity index (χ4v) is 3.44. The number of nitrogens with zero attached hydrogens (tertiary/aromatic N) is 4. The Hall–Kier alpha value is -3.09. The van der Waals surface area contributed by atoms with Crippen molar-refractivity contribution < 1.29 is 31.1 Å². The molecule has 0 spiro atoms. The zero-order valence-corrected chi connectivity index (χ0v) is 17.1. The van der Waals surface area contributed by atoms with Crippen molar-refractivity contribution in [3.63, 3.8) is 0 Å². The van der Waals surface area contributed by atoms with Gasteiger partial charge >= 0.3 is 12.4 Å². The molecule has 2 heterocycles. The molecular formula is C19H15F6N5OS. The van der Waals surface area contributed by atoms with Gasteiger partial charge in [0, 0.05) is 16.7 Å². The van der Waals surface area contributed by atoms with Crippen molar-refractivity contribution in [2.24, 2.45) is 0 Å². The summed E-state index contributed by atoms with van der Waals surface area (Å²) >= 11 is 0.166. The fraction of sp³-hybridized carbons (Fsp3) is 0.263. The normalized spacial score (nSPS) is 13.1. The lowest BCUT2D eigenvalue weighted by molar-refractivity contribution is -0.137. The van der Waals surface area contributed by atoms with Crippen LogP contribution < -0.4 is 5.32 Å². The third-order valence-corrected chi connectivity index (χ3v) is 5.11. The Morgan fingerprint density at radius 2 is 1.88 bits per heavy atom. The van der Waals surface area contributed by atoms with Gasteiger partial charge in [0.1, 0.15) is 6.33 Å². The van der Waals surface area contributed by atoms with Crippen LogP contribution in [0.1, 0.15) is 34.7 Å². The maximum absolute atomic E-state index is 13.2. The molecule has 32 heavy (non-hydrogen) atoms. The largest absolute Gasteiger partial charge is 0.416 e. The summed E-state index contributed by atoms with van der Waals surface area (Å²) in [6.45, 7) is 1.54. The van der Waals surface area contributed by atoms with Gasteiger partial charge in [0.2, 0.25) is 0 Å². The van der Waals surface area contributed by atoms with Gasteiger partial charge in [0.05, 0.1) is 17.4 Å². The highest BCUT2D eigenvalue weighted by Crippen LogP contribution is 2.35. The van der Waals surface area contributed by atoms with Crippen LogP contribution >= 0.6 is 11.8 Å². The zero-order valence-electron chi connectivity index (χ0n) is 16.3. The van der Waals surface area contributed by atoms with E-state index in [0.29, 0.717) is 18.0 Å². The lowest BCUT2D eigenvalue weighted by Gasteiger charge is -2.16. The topological polar surface area (TPSA) is 72.7 Å². The first-order valence-corrected chi connectivity index (χ1v) is 9.96. The molecule has 3 rings (SSSR count). The van der Waals surface area contributed by atoms with Gasteiger partial charge < -0.3 is 5.32 Å². The first-order chi connectivity index (χ1) is 14.9. The van der Waals surface area contributed by atoms with E-state index in [2.05, 4.69) is 20.4 Å². The molecular weight excluding hydrogens is 460 g/mol. The van der Waals surface area contributed by atoms with Crippen LogP contribution in [0, 0.1) is 0 Å². The standard InChI is InChI=1S/C19H15F6N5OS/c1-11(16-27-10-28-30(16)15-4-2-3-5-26-15)29-17(31)12-6-13(19(23,24)25)8-14(7-12)32-9-18(20,21)22/h2-8,10-11H,9H2,1H3,(H,29,31). The quantitative estimate of drug-likeness (QED) is 0.409. The third-order valence-electron chi connectivity index (χ3n) is 4.07. The van der Waals surface area contributed by atoms with Crippen molar-refractivity contribution >= 4 is 17.7 Å². The Labute approximate surface area is 182 Å². The molecule has 3 aromatic rings. The van der Waals surface area contributed by atoms with Gasteiger partial charge in [-0.15, -0.1) is 11.8 Å². The highest BCUT2D eigenvalue weighted by atomic mass is 32.2. The molecule has 0 saturated heterocycles. The number of benzene rings is 1. The minimum Gasteiger partial charge on any atom is -0.342 e. The monoisotopic (exact) mass is 475 g/mol. The number of aromatic nitrogens is 4. The molecule has 2 aromatic heterocycles. The van der Waals surface area contributed by atoms with Crippen molar-refractivity contribution in [3.8, 4) is 5.82 Å². The summed E-state index contributed by atoms with van der Waals surface area (Å²) in [5.74, 6) is -1.63. The molecule has 0 radical (unpaired) electrons. The van der Waals surface area contributed by atoms with Crippen LogP contribution in [0.4, 0.5) is 26.3 Å². The molecule has 13 heteroatoms. The number of rotatable bonds is 6. The third kappa shape index (κ3) is 5.99. The van der Waals surface area contributed by atoms with Crippen LogP contribution in [0.5, 0.6) is 0 Å². The maximum atomic E-state index is 13.2. The van der Waals surface area contributed by atoms with Crippen LogP contribution in [0.25, 0.3) is 5.82 Å². The Bertz CT molecular complexity index is 1080. The van der Waals surface area contributed by atoms with Crippen LogP contribution in [0.3, 0.4) is 0 Å². The fourth-order valence-electron chi connectivity index (χ4n) is 2.69. The van der Waals surface area contributed by atoms with Crippen molar-refractivity contribution in [1.82, 2.24) is 25.1 Å². The molecule has 6 nitrogen and oxygen atoms in total. The number of alkyl halides is 6. The van der Waals surface area contributed by atoms with E-state index in [4.69, 9.17) is 0 Å². The number of nitrogens with one attached hydrogen (secondary N) is 1. The first kappa shape index (κ1) is 23.6. The highest BCUT2D eigenvalue weighted by molar-refractivity contribution is 7.99. The minimum absolute atomic E-state index is 0.166. The van der Waals surface area contributed by atoms with E-state index in [1.807, 2.05) is 0 Å². The molecule has 0 aliphatic carbocycles. The van der Waals surface area contributed by atoms with E-state index in [1.54, 1.807) is 18.2 Å². The van der Waals surface area contributed by atoms with Crippen molar-refractivity contribution in [3.05, 3.63) is 65.9 Å². The smallest absolute Gasteiger partial charge is 0.342 e. The summed E-state index contributed by atoms with van der Waals surface area (Å²) < 4.78 is 78.5. The molecule has 1 N–H and O–H groups in total. The zero-order chi connectivity index (χ0) is 23.5. The van der Waals surface area contributed by atoms with E-state index < -0.39 is 41.2 Å². The molecule has 0 bridgehead atoms. The molecule has 170 valence electrons. The lowest BCUT2D eigenvalue weighted by atomic mass is 10.1. The molecule has 1 amide bonds. The molecule has 1 aromatic carbocycles. The van der Waals surface area contributed by atoms with Gasteiger partial charge in [-0.1, -0.05) is 6.07 Å². The summed E-state index contributed by atoms with van der Waals surface area (Å²) in [6.07, 6.45) is -6.67. The van der Waals surface area contributed by atoms with Crippen LogP contribution in [0.2, 0.25) is 0 Å². The van der Waals surface area contributed by atoms with Gasteiger partial charge in [0.15, 0.2) is 11.6 Å². The number of carbonyl (C=O) groups excluding carboxylic acids is 1. The second-order valence-corrected chi connectivity index (χ2v) is 7.61. The maximum Gasteiger partial charge on any atom is 0.416 e. The van der Waals surface area contributed by atoms with Gasteiger partial charge in [-0.25, -0.2) is 9.97 Å². The van der Waals surface area contributed by atoms with Crippen molar-refractivity contribution in [2.75, 3.05) is 5.75 Å². The molecule has 0 aliphatic rings. The van der Waals surface area contributed by atoms with Gasteiger partial charge in [0.25, 0.3) is 5.91 Å². The van der Waals surface area contributed by atoms with Crippen LogP contribution in [-0.4, -0.2) is 37.6 Å². The second-order valence-electron chi connectivity index (χ2n) is 6.56. The minimum atomic E-state index is -4.84. The number of amides is 1. The molecule has 0 fully saturated rings. The predicted octanol–water partition coefficient (Wildman–Crippen LogP) is 4.83. The van der Waals surface area contributed by atoms with E-state index in [-0.39, 0.29) is 22.5 Å². The average molecular weight is 475 g/mol. The summed E-state index contributed by atoms with van der Waals surface area (Å²) in [4.78, 5) is 20.5. The van der Waals surface area contributed by atoms with E-state index in [0.717, 1.165) is 6.07 Å². The van der Waals surface area contributed by atoms with E-state index in [1.165, 1.54) is 24.1 Å². The van der Waals surface area contributed by atoms with Crippen molar-refractivity contribution in [2.45, 2.75) is 30.2 Å². The molecule has 1 atom stereocenters. The Morgan fingerprint density at radius 1 is 1.12 bits per heavy atom. The van der Waals surface area contributed by atoms with Gasteiger partial charge in [-0.2, -0.15) is 36.1 Å². The number of carbonyl (C=O) groups is 1. The Morgan fingerprint density at radius 3 is 2.50 bits per heavy atom. The number of thioether (sulfide) groups is 1. The SMILES string of the molecule is CC(NC(=O)c1cc(SCC(F)(F)F)cc(C(F)(F)F)c1)c1ncnn1-c1ccccn1. The summed E-state index contributed by atoms with van der Waals surface area (Å²) in [5.41, 5.74) is -1.65. The summed E-state index contributed by atoms with van der Waals surface area (Å²) in [5, 5.41) is 6.53. The number of halogens is 6. The van der Waals surface area contributed by atoms with Gasteiger partial charge in [-0.05, 0) is 37.3 Å². The molecule has 1 unspecified atom stereocenters. The number of hydrogen-bond acceptors (Lipinski definition) is 5. The van der Waals surface area contributed by atoms with Crippen LogP contribution in [-0.2, 0) is 6.18 Å². The van der Waals surface area contributed by atoms with E-state index in [9.17, 15) is 31.1 Å². The summed E-state index contributed by atoms with van der Waals surface area (Å²) in [7, 11) is 0. The second kappa shape index (κ2) is 9.18. The lowest BCUT2D eigenvalue weighted by Crippen LogP contribution is -2.29. The first-order valence-electron chi connectivity index (χ1n) is 8.98. The summed E-state index contributed by atoms with van der Waals surface area (Å²) in [6, 6.07) is 6.39. The Balaban J connectivity index is 1.85. The number of hydrogen-bond donors (Lipinski definition) is 1. The highest BCUT2D eigenvalue weighted by Gasteiger charge is 2.33. The van der Waals surface area contributed by atoms with Crippen molar-refractivity contribution in [1.29, 1.82) is 0 Å². The molecule has 0 aliphatic heterocycles. The Kier molecular flexibility index (Phi) is 6.77.